The quantitative estimate of drug-likeness (QED) is 0.0341. The van der Waals surface area contributed by atoms with Gasteiger partial charge in [-0.05, 0) is 59.7 Å². The summed E-state index contributed by atoms with van der Waals surface area (Å²) >= 11 is 0. The Morgan fingerprint density at radius 2 is 1.12 bits per heavy atom. The lowest BCUT2D eigenvalue weighted by molar-refractivity contribution is -0.139. The fourth-order valence-electron chi connectivity index (χ4n) is 7.08. The van der Waals surface area contributed by atoms with Crippen molar-refractivity contribution in [1.29, 1.82) is 0 Å². The molecule has 0 aliphatic rings. The first kappa shape index (κ1) is 54.4. The van der Waals surface area contributed by atoms with E-state index < -0.39 is 108 Å². The first-order valence-corrected chi connectivity index (χ1v) is 23.3. The summed E-state index contributed by atoms with van der Waals surface area (Å²) in [7, 11) is -0.115. The van der Waals surface area contributed by atoms with Gasteiger partial charge in [-0.25, -0.2) is 4.79 Å². The second kappa shape index (κ2) is 26.3. The van der Waals surface area contributed by atoms with E-state index in [1.54, 1.807) is 44.2 Å². The van der Waals surface area contributed by atoms with Crippen LogP contribution in [-0.2, 0) is 52.8 Å². The Morgan fingerprint density at radius 1 is 0.609 bits per heavy atom. The molecule has 368 valence electrons. The van der Waals surface area contributed by atoms with Gasteiger partial charge in [-0.2, -0.15) is 10.8 Å². The Bertz CT molecular complexity index is 2540. The molecular weight excluding hydrogens is 905 g/mol. The van der Waals surface area contributed by atoms with Crippen LogP contribution in [-0.4, -0.2) is 105 Å². The van der Waals surface area contributed by atoms with Crippen molar-refractivity contribution < 1.29 is 53.6 Å². The number of nitrogens with one attached hydrogen (secondary N) is 5. The number of carboxylic acid groups (broad SMARTS) is 1. The summed E-state index contributed by atoms with van der Waals surface area (Å²) in [5.41, 5.74) is 16.1. The van der Waals surface area contributed by atoms with Crippen molar-refractivity contribution in [2.45, 2.75) is 96.6 Å². The molecular formula is C51H62N6O11S. The zero-order valence-corrected chi connectivity index (χ0v) is 40.1. The number of aliphatic carboxylic acids is 1. The van der Waals surface area contributed by atoms with Crippen molar-refractivity contribution >= 4 is 57.2 Å². The van der Waals surface area contributed by atoms with E-state index in [2.05, 4.69) is 26.6 Å². The normalized spacial score (nSPS) is 14.0. The molecule has 0 aliphatic heterocycles. The average molecular weight is 967 g/mol. The monoisotopic (exact) mass is 966 g/mol. The molecule has 7 atom stereocenters. The molecule has 4 aromatic rings. The van der Waals surface area contributed by atoms with Gasteiger partial charge in [0.15, 0.2) is 6.61 Å². The Labute approximate surface area is 404 Å². The number of thiol groups is 1. The highest BCUT2D eigenvalue weighted by Crippen LogP contribution is 2.20. The number of amides is 6. The van der Waals surface area contributed by atoms with Gasteiger partial charge in [-0.15, -0.1) is 5.69 Å². The van der Waals surface area contributed by atoms with Crippen molar-refractivity contribution in [3.63, 3.8) is 0 Å². The van der Waals surface area contributed by atoms with Crippen LogP contribution in [0.5, 0.6) is 5.75 Å². The van der Waals surface area contributed by atoms with E-state index in [1.165, 1.54) is 26.0 Å². The number of aliphatic hydroxyl groups is 2. The molecule has 4 rings (SSSR count). The summed E-state index contributed by atoms with van der Waals surface area (Å²) in [5, 5.41) is 42.6. The topological polar surface area (TPSA) is 276 Å². The summed E-state index contributed by atoms with van der Waals surface area (Å²) in [5.74, 6) is -7.17. The van der Waals surface area contributed by atoms with Crippen molar-refractivity contribution in [2.75, 3.05) is 6.61 Å². The molecule has 18 heteroatoms. The Kier molecular flexibility index (Phi) is 20.8. The zero-order chi connectivity index (χ0) is 50.8. The third-order valence-electron chi connectivity index (χ3n) is 11.2. The molecule has 0 spiro atoms. The number of nitrogens with two attached hydrogens (primary N) is 1. The molecule has 0 heterocycles. The fraction of sp³-hybridized carbons (Fsp3) is 0.353. The van der Waals surface area contributed by atoms with Crippen molar-refractivity contribution in [3.05, 3.63) is 125 Å². The number of benzene rings is 4. The van der Waals surface area contributed by atoms with E-state index in [-0.39, 0.29) is 35.8 Å². The maximum atomic E-state index is 14.4. The number of primary amides is 1. The summed E-state index contributed by atoms with van der Waals surface area (Å²) in [6.45, 7) is 7.51. The predicted octanol–water partition coefficient (Wildman–Crippen LogP) is 2.87. The van der Waals surface area contributed by atoms with Gasteiger partial charge in [0.1, 0.15) is 36.0 Å². The van der Waals surface area contributed by atoms with Gasteiger partial charge in [0.2, 0.25) is 35.4 Å². The Balaban J connectivity index is 1.58. The molecule has 0 fully saturated rings. The average Bonchev–Trinajstić information content (AvgIpc) is 3.31. The summed E-state index contributed by atoms with van der Waals surface area (Å²) < 4.78 is 5.19. The second-order valence-corrected chi connectivity index (χ2v) is 17.9. The highest BCUT2D eigenvalue weighted by molar-refractivity contribution is 7.87. The van der Waals surface area contributed by atoms with Crippen LogP contribution >= 0.6 is 10.8 Å². The maximum absolute atomic E-state index is 14.4. The van der Waals surface area contributed by atoms with Crippen LogP contribution in [0.2, 0.25) is 0 Å². The second-order valence-electron chi connectivity index (χ2n) is 17.1. The minimum absolute atomic E-state index is 0.0695. The summed E-state index contributed by atoms with van der Waals surface area (Å²) in [6.07, 6.45) is -1.74. The minimum Gasteiger partial charge on any atom is -0.482 e. The van der Waals surface area contributed by atoms with E-state index in [4.69, 9.17) is 21.3 Å². The highest BCUT2D eigenvalue weighted by Gasteiger charge is 2.34. The van der Waals surface area contributed by atoms with E-state index in [0.717, 1.165) is 22.3 Å². The Hall–Kier alpha value is -7.24. The molecule has 1 unspecified atom stereocenters. The van der Waals surface area contributed by atoms with E-state index in [1.807, 2.05) is 67.6 Å². The van der Waals surface area contributed by atoms with Gasteiger partial charge in [0, 0.05) is 25.7 Å². The Morgan fingerprint density at radius 3 is 1.67 bits per heavy atom. The SMILES string of the molecule is C#[SH]=C(O)C[C@H](NC(=O)[C@H](Cc1ccc(OCC(=O)O)cc1)NC(=O)[C@@H](C)C(C)O)C(=O)N[C@@H](Cc1cccc(C)c1)C(=O)N[C@H](C(=O)N[C@@H](Cc1ccc(-c2ccccc2)cc1)C(N)=O)C(C)C. The molecule has 0 bridgehead atoms. The number of hydrogen-bond donors (Lipinski definition) is 10. The number of aryl methyl sites for hydroxylation is 1. The fourth-order valence-corrected chi connectivity index (χ4v) is 7.37. The molecule has 0 saturated heterocycles. The van der Waals surface area contributed by atoms with Crippen molar-refractivity contribution in [1.82, 2.24) is 26.6 Å². The van der Waals surface area contributed by atoms with Crippen LogP contribution in [0.1, 0.15) is 56.4 Å². The summed E-state index contributed by atoms with van der Waals surface area (Å²) in [6, 6.07) is 23.8. The molecule has 0 aliphatic carbocycles. The van der Waals surface area contributed by atoms with Gasteiger partial charge >= 0.3 is 5.97 Å². The van der Waals surface area contributed by atoms with E-state index >= 15 is 0 Å². The van der Waals surface area contributed by atoms with E-state index in [0.29, 0.717) is 11.1 Å². The number of carbonyl (C=O) groups is 7. The third-order valence-corrected chi connectivity index (χ3v) is 11.7. The van der Waals surface area contributed by atoms with Crippen molar-refractivity contribution in [2.24, 2.45) is 17.6 Å². The number of carbonyl (C=O) groups excluding carboxylic acids is 6. The number of aliphatic hydroxyl groups excluding tert-OH is 2. The van der Waals surface area contributed by atoms with Crippen LogP contribution in [0.25, 0.3) is 11.1 Å². The zero-order valence-electron chi connectivity index (χ0n) is 39.2. The van der Waals surface area contributed by atoms with Crippen LogP contribution in [0.3, 0.4) is 0 Å². The van der Waals surface area contributed by atoms with Crippen LogP contribution < -0.4 is 37.1 Å². The van der Waals surface area contributed by atoms with E-state index in [9.17, 15) is 43.8 Å². The number of ether oxygens (including phenoxy) is 1. The molecule has 4 aromatic carbocycles. The third kappa shape index (κ3) is 17.4. The first-order valence-electron chi connectivity index (χ1n) is 22.3. The lowest BCUT2D eigenvalue weighted by Gasteiger charge is -2.28. The number of hydrogen-bond acceptors (Lipinski definition) is 9. The number of carboxylic acids is 1. The van der Waals surface area contributed by atoms with Gasteiger partial charge in [0.25, 0.3) is 0 Å². The van der Waals surface area contributed by atoms with Gasteiger partial charge in [-0.1, -0.05) is 117 Å². The molecule has 17 nitrogen and oxygen atoms in total. The van der Waals surface area contributed by atoms with Gasteiger partial charge < -0.3 is 52.4 Å². The molecule has 0 saturated carbocycles. The molecule has 0 radical (unpaired) electrons. The van der Waals surface area contributed by atoms with Crippen molar-refractivity contribution in [3.8, 4) is 22.6 Å². The highest BCUT2D eigenvalue weighted by atomic mass is 32.1. The van der Waals surface area contributed by atoms with Crippen LogP contribution in [0, 0.1) is 24.4 Å². The lowest BCUT2D eigenvalue weighted by Crippen LogP contribution is -2.60. The number of rotatable bonds is 25. The van der Waals surface area contributed by atoms with Crippen LogP contribution in [0.4, 0.5) is 0 Å². The smallest absolute Gasteiger partial charge is 0.341 e. The van der Waals surface area contributed by atoms with Crippen LogP contribution in [0.15, 0.2) is 103 Å². The standard InChI is InChI=1S/C51H62N6O11S/c1-29(2)45(51(67)53-39(46(52)62)24-33-15-19-37(20-16-33)36-13-8-7-9-14-36)57-50(66)41(26-35-12-10-11-30(3)23-35)55-49(65)42(27-44(61)69-6)56-48(64)40(54-47(63)31(4)32(5)58)25-34-17-21-38(22-18-34)68-28-43(59)60/h6-23,29,31-32,39-42,45,58,61,69H,24-28H2,1-5H3,(H2,52,62)(H,53,67)(H,54,63)(H,55,65)(H,56,64)(H,57,66)(H,59,60)/t31-,32?,39-,40-,41-,42-,45-/m0/s1. The molecule has 69 heavy (non-hydrogen) atoms. The maximum Gasteiger partial charge on any atom is 0.341 e. The molecule has 6 amide bonds. The predicted molar refractivity (Wildman–Crippen MR) is 264 cm³/mol. The molecule has 0 aromatic heterocycles. The molecule has 10 N–H and O–H groups in total. The van der Waals surface area contributed by atoms with Gasteiger partial charge in [-0.3, -0.25) is 28.8 Å². The van der Waals surface area contributed by atoms with Gasteiger partial charge in [0.05, 0.1) is 17.1 Å². The first-order chi connectivity index (χ1) is 32.7. The summed E-state index contributed by atoms with van der Waals surface area (Å²) in [4.78, 5) is 93.6. The largest absolute Gasteiger partial charge is 0.482 e. The minimum atomic E-state index is -1.57. The lowest BCUT2D eigenvalue weighted by atomic mass is 9.98.